The molecule has 36 heavy (non-hydrogen) atoms. The number of sulfonamides is 1. The maximum atomic E-state index is 13.0. The molecule has 1 heterocycles. The van der Waals surface area contributed by atoms with E-state index in [-0.39, 0.29) is 23.0 Å². The van der Waals surface area contributed by atoms with Crippen LogP contribution in [0.4, 0.5) is 8.78 Å². The monoisotopic (exact) mass is 577 g/mol. The summed E-state index contributed by atoms with van der Waals surface area (Å²) >= 11 is 12.9. The first-order chi connectivity index (χ1) is 17.1. The summed E-state index contributed by atoms with van der Waals surface area (Å²) in [5, 5.41) is 6.05. The number of unbranched alkanes of at least 4 members (excludes halogenated alkanes) is 1. The highest BCUT2D eigenvalue weighted by Crippen LogP contribution is 2.26. The molecule has 0 bridgehead atoms. The van der Waals surface area contributed by atoms with Crippen LogP contribution in [0, 0.1) is 0 Å². The average molecular weight is 578 g/mol. The van der Waals surface area contributed by atoms with E-state index in [2.05, 4.69) is 15.4 Å². The fraction of sp³-hybridized carbons (Fsp3) is 0.304. The van der Waals surface area contributed by atoms with E-state index < -0.39 is 40.7 Å². The van der Waals surface area contributed by atoms with E-state index in [9.17, 15) is 26.8 Å². The van der Waals surface area contributed by atoms with E-state index >= 15 is 0 Å². The van der Waals surface area contributed by atoms with Crippen molar-refractivity contribution in [3.63, 3.8) is 0 Å². The molecule has 0 aliphatic rings. The van der Waals surface area contributed by atoms with Crippen molar-refractivity contribution < 1.29 is 26.8 Å². The standard InChI is InChI=1S/C23H23Cl2F2N3O4S2/c24-15-7-8-20(16(25)12-15)36(33,34)29-10-4-3-9-28-22(31)17(13-21(26)27)30-23(32)19-11-14-5-1-2-6-18(14)35-19/h1-2,5-8,11-12,17,21,29H,3-4,9-10,13H2,(H,28,31)(H,30,32)/t17-/m0/s1. The first kappa shape index (κ1) is 28.3. The number of nitrogens with one attached hydrogen (secondary N) is 3. The summed E-state index contributed by atoms with van der Waals surface area (Å²) in [6, 6.07) is 11.6. The highest BCUT2D eigenvalue weighted by Gasteiger charge is 2.25. The topological polar surface area (TPSA) is 104 Å². The van der Waals surface area contributed by atoms with Crippen LogP contribution in [0.1, 0.15) is 28.9 Å². The van der Waals surface area contributed by atoms with Crippen molar-refractivity contribution in [3.8, 4) is 0 Å². The summed E-state index contributed by atoms with van der Waals surface area (Å²) in [7, 11) is -3.85. The molecule has 3 aromatic rings. The van der Waals surface area contributed by atoms with Gasteiger partial charge in [0.05, 0.1) is 9.90 Å². The SMILES string of the molecule is O=C(N[C@@H](CC(F)F)C(=O)NCCCCNS(=O)(=O)c1ccc(Cl)cc1Cl)c1cc2ccccc2s1. The number of benzene rings is 2. The Bertz CT molecular complexity index is 1300. The van der Waals surface area contributed by atoms with Gasteiger partial charge in [0.25, 0.3) is 5.91 Å². The van der Waals surface area contributed by atoms with Gasteiger partial charge in [0.2, 0.25) is 22.4 Å². The molecular formula is C23H23Cl2F2N3O4S2. The molecule has 2 aromatic carbocycles. The lowest BCUT2D eigenvalue weighted by Crippen LogP contribution is -2.47. The summed E-state index contributed by atoms with van der Waals surface area (Å²) in [5.74, 6) is -1.34. The summed E-state index contributed by atoms with van der Waals surface area (Å²) in [5.41, 5.74) is 0. The second kappa shape index (κ2) is 12.8. The van der Waals surface area contributed by atoms with Crippen LogP contribution in [0.15, 0.2) is 53.4 Å². The van der Waals surface area contributed by atoms with Crippen molar-refractivity contribution in [2.75, 3.05) is 13.1 Å². The Hall–Kier alpha value is -2.31. The Kier molecular flexibility index (Phi) is 10.0. The smallest absolute Gasteiger partial charge is 0.262 e. The van der Waals surface area contributed by atoms with Crippen LogP contribution in [0.3, 0.4) is 0 Å². The quantitative estimate of drug-likeness (QED) is 0.268. The zero-order valence-electron chi connectivity index (χ0n) is 18.8. The minimum atomic E-state index is -3.85. The van der Waals surface area contributed by atoms with Crippen molar-refractivity contribution in [2.24, 2.45) is 0 Å². The molecule has 0 aliphatic heterocycles. The van der Waals surface area contributed by atoms with Crippen molar-refractivity contribution in [1.82, 2.24) is 15.4 Å². The van der Waals surface area contributed by atoms with Crippen LogP contribution in [0.5, 0.6) is 0 Å². The molecule has 0 aliphatic carbocycles. The van der Waals surface area contributed by atoms with E-state index in [1.165, 1.54) is 29.5 Å². The number of hydrogen-bond donors (Lipinski definition) is 3. The molecule has 7 nitrogen and oxygen atoms in total. The third kappa shape index (κ3) is 7.84. The molecule has 0 fully saturated rings. The van der Waals surface area contributed by atoms with Gasteiger partial charge in [-0.2, -0.15) is 0 Å². The van der Waals surface area contributed by atoms with E-state index in [1.54, 1.807) is 6.07 Å². The molecule has 0 saturated carbocycles. The fourth-order valence-electron chi connectivity index (χ4n) is 3.30. The number of carbonyl (C=O) groups excluding carboxylic acids is 2. The zero-order chi connectivity index (χ0) is 26.3. The summed E-state index contributed by atoms with van der Waals surface area (Å²) < 4.78 is 54.1. The number of amides is 2. The Morgan fingerprint density at radius 3 is 2.42 bits per heavy atom. The van der Waals surface area contributed by atoms with Gasteiger partial charge >= 0.3 is 0 Å². The Balaban J connectivity index is 1.47. The van der Waals surface area contributed by atoms with Crippen LogP contribution < -0.4 is 15.4 Å². The minimum absolute atomic E-state index is 0.00923. The lowest BCUT2D eigenvalue weighted by molar-refractivity contribution is -0.124. The number of carbonyl (C=O) groups is 2. The first-order valence-corrected chi connectivity index (χ1v) is 13.9. The van der Waals surface area contributed by atoms with Gasteiger partial charge in [0, 0.05) is 29.2 Å². The van der Waals surface area contributed by atoms with Gasteiger partial charge in [0.1, 0.15) is 10.9 Å². The maximum Gasteiger partial charge on any atom is 0.262 e. The van der Waals surface area contributed by atoms with Crippen molar-refractivity contribution in [3.05, 3.63) is 63.5 Å². The number of alkyl halides is 2. The third-order valence-electron chi connectivity index (χ3n) is 5.06. The lowest BCUT2D eigenvalue weighted by Gasteiger charge is -2.18. The molecule has 1 aromatic heterocycles. The highest BCUT2D eigenvalue weighted by atomic mass is 35.5. The maximum absolute atomic E-state index is 13.0. The second-order valence-corrected chi connectivity index (χ2v) is 11.4. The molecule has 3 N–H and O–H groups in total. The van der Waals surface area contributed by atoms with Gasteiger partial charge in [-0.1, -0.05) is 41.4 Å². The van der Waals surface area contributed by atoms with Crippen LogP contribution in [-0.4, -0.2) is 45.8 Å². The third-order valence-corrected chi connectivity index (χ3v) is 8.36. The van der Waals surface area contributed by atoms with Gasteiger partial charge in [0.15, 0.2) is 0 Å². The summed E-state index contributed by atoms with van der Waals surface area (Å²) in [4.78, 5) is 25.2. The van der Waals surface area contributed by atoms with Crippen LogP contribution in [0.2, 0.25) is 10.0 Å². The van der Waals surface area contributed by atoms with Crippen molar-refractivity contribution in [2.45, 2.75) is 36.6 Å². The van der Waals surface area contributed by atoms with Crippen LogP contribution in [-0.2, 0) is 14.8 Å². The molecule has 13 heteroatoms. The summed E-state index contributed by atoms with van der Waals surface area (Å²) in [6.07, 6.45) is -2.89. The highest BCUT2D eigenvalue weighted by molar-refractivity contribution is 7.89. The first-order valence-electron chi connectivity index (χ1n) is 10.9. The average Bonchev–Trinajstić information content (AvgIpc) is 3.24. The number of fused-ring (bicyclic) bond motifs is 1. The molecule has 0 spiro atoms. The molecule has 194 valence electrons. The molecule has 0 radical (unpaired) electrons. The van der Waals surface area contributed by atoms with Gasteiger partial charge < -0.3 is 10.6 Å². The van der Waals surface area contributed by atoms with E-state index in [0.717, 1.165) is 10.1 Å². The number of rotatable bonds is 12. The molecule has 1 atom stereocenters. The Labute approximate surface area is 221 Å². The van der Waals surface area contributed by atoms with Crippen molar-refractivity contribution >= 4 is 66.5 Å². The molecule has 0 saturated heterocycles. The number of hydrogen-bond acceptors (Lipinski definition) is 5. The van der Waals surface area contributed by atoms with Crippen LogP contribution >= 0.6 is 34.5 Å². The summed E-state index contributed by atoms with van der Waals surface area (Å²) in [6.45, 7) is 0.182. The Morgan fingerprint density at radius 1 is 1.00 bits per heavy atom. The van der Waals surface area contributed by atoms with Gasteiger partial charge in [-0.05, 0) is 48.6 Å². The Morgan fingerprint density at radius 2 is 1.72 bits per heavy atom. The van der Waals surface area contributed by atoms with E-state index in [0.29, 0.717) is 22.7 Å². The lowest BCUT2D eigenvalue weighted by atomic mass is 10.2. The molecule has 0 unspecified atom stereocenters. The second-order valence-electron chi connectivity index (χ2n) is 7.77. The molecule has 2 amide bonds. The normalized spacial score (nSPS) is 12.6. The van der Waals surface area contributed by atoms with E-state index in [1.807, 2.05) is 24.3 Å². The van der Waals surface area contributed by atoms with Gasteiger partial charge in [-0.25, -0.2) is 21.9 Å². The largest absolute Gasteiger partial charge is 0.354 e. The zero-order valence-corrected chi connectivity index (χ0v) is 21.9. The molecule has 3 rings (SSSR count). The van der Waals surface area contributed by atoms with E-state index in [4.69, 9.17) is 23.2 Å². The van der Waals surface area contributed by atoms with Gasteiger partial charge in [-0.3, -0.25) is 9.59 Å². The molecular weight excluding hydrogens is 555 g/mol. The minimum Gasteiger partial charge on any atom is -0.354 e. The predicted molar refractivity (Wildman–Crippen MR) is 138 cm³/mol. The van der Waals surface area contributed by atoms with Crippen LogP contribution in [0.25, 0.3) is 10.1 Å². The number of thiophene rings is 1. The van der Waals surface area contributed by atoms with Gasteiger partial charge in [-0.15, -0.1) is 11.3 Å². The number of halogens is 4. The fourth-order valence-corrected chi connectivity index (χ4v) is 6.11. The predicted octanol–water partition coefficient (Wildman–Crippen LogP) is 4.84. The van der Waals surface area contributed by atoms with Crippen molar-refractivity contribution in [1.29, 1.82) is 0 Å².